The molecular weight excluding hydrogens is 366 g/mol. The summed E-state index contributed by atoms with van der Waals surface area (Å²) in [5.74, 6) is -0.0268. The summed E-state index contributed by atoms with van der Waals surface area (Å²) in [6.45, 7) is 0. The lowest BCUT2D eigenvalue weighted by Crippen LogP contribution is -2.14. The number of fused-ring (bicyclic) bond motifs is 1. The first-order valence-corrected chi connectivity index (χ1v) is 8.26. The van der Waals surface area contributed by atoms with E-state index in [9.17, 15) is 14.9 Å². The van der Waals surface area contributed by atoms with Crippen molar-refractivity contribution in [2.45, 2.75) is 0 Å². The minimum atomic E-state index is -0.719. The van der Waals surface area contributed by atoms with Crippen LogP contribution in [0.2, 0.25) is 5.02 Å². The van der Waals surface area contributed by atoms with Crippen LogP contribution in [0.5, 0.6) is 5.75 Å². The summed E-state index contributed by atoms with van der Waals surface area (Å²) in [4.78, 5) is 27.4. The van der Waals surface area contributed by atoms with Gasteiger partial charge in [0.2, 0.25) is 0 Å². The highest BCUT2D eigenvalue weighted by atomic mass is 35.5. The largest absolute Gasteiger partial charge is 0.497 e. The van der Waals surface area contributed by atoms with Crippen LogP contribution in [-0.2, 0) is 7.05 Å². The number of nitro benzene ring substituents is 1. The van der Waals surface area contributed by atoms with Gasteiger partial charge in [0.1, 0.15) is 11.3 Å². The molecule has 0 radical (unpaired) electrons. The fraction of sp³-hybridized carbons (Fsp3) is 0.125. The van der Waals surface area contributed by atoms with Gasteiger partial charge >= 0.3 is 0 Å². The molecule has 0 fully saturated rings. The minimum Gasteiger partial charge on any atom is -0.497 e. The van der Waals surface area contributed by atoms with Crippen molar-refractivity contribution in [2.75, 3.05) is 7.11 Å². The van der Waals surface area contributed by atoms with E-state index < -0.39 is 10.8 Å². The van der Waals surface area contributed by atoms with E-state index in [-0.39, 0.29) is 16.3 Å². The van der Waals surface area contributed by atoms with Gasteiger partial charge in [0.15, 0.2) is 4.80 Å². The van der Waals surface area contributed by atoms with Crippen LogP contribution in [0.4, 0.5) is 5.69 Å². The van der Waals surface area contributed by atoms with E-state index in [2.05, 4.69) is 4.99 Å². The van der Waals surface area contributed by atoms with Crippen molar-refractivity contribution in [3.8, 4) is 5.75 Å². The normalized spacial score (nSPS) is 11.7. The van der Waals surface area contributed by atoms with Crippen molar-refractivity contribution >= 4 is 44.7 Å². The van der Waals surface area contributed by atoms with E-state index in [1.165, 1.54) is 29.5 Å². The molecule has 0 spiro atoms. The van der Waals surface area contributed by atoms with Gasteiger partial charge in [-0.2, -0.15) is 4.99 Å². The minimum absolute atomic E-state index is 0.146. The number of carbonyl (C=O) groups excluding carboxylic acids is 1. The molecule has 1 amide bonds. The lowest BCUT2D eigenvalue weighted by molar-refractivity contribution is -0.385. The molecule has 0 aliphatic rings. The molecule has 3 rings (SSSR count). The Bertz CT molecular complexity index is 1070. The van der Waals surface area contributed by atoms with E-state index in [0.717, 1.165) is 10.2 Å². The first kappa shape index (κ1) is 17.1. The SMILES string of the molecule is COc1ccc2c(c1)sc(=NC(=O)c1cc(Cl)ccc1[N+](=O)[O-])n2C. The Morgan fingerprint density at radius 1 is 1.32 bits per heavy atom. The van der Waals surface area contributed by atoms with Crippen molar-refractivity contribution in [3.63, 3.8) is 0 Å². The van der Waals surface area contributed by atoms with Crippen LogP contribution in [-0.4, -0.2) is 22.5 Å². The zero-order chi connectivity index (χ0) is 18.1. The number of nitrogens with zero attached hydrogens (tertiary/aromatic N) is 3. The summed E-state index contributed by atoms with van der Waals surface area (Å²) in [6.07, 6.45) is 0. The van der Waals surface area contributed by atoms with Crippen molar-refractivity contribution in [1.29, 1.82) is 0 Å². The summed E-state index contributed by atoms with van der Waals surface area (Å²) < 4.78 is 7.81. The molecular formula is C16H12ClN3O4S. The average Bonchev–Trinajstić information content (AvgIpc) is 2.89. The molecule has 9 heteroatoms. The first-order chi connectivity index (χ1) is 11.9. The molecule has 2 aromatic carbocycles. The monoisotopic (exact) mass is 377 g/mol. The lowest BCUT2D eigenvalue weighted by Gasteiger charge is -2.00. The maximum absolute atomic E-state index is 12.5. The van der Waals surface area contributed by atoms with E-state index in [4.69, 9.17) is 16.3 Å². The Balaban J connectivity index is 2.14. The molecule has 0 saturated carbocycles. The van der Waals surface area contributed by atoms with Crippen molar-refractivity contribution < 1.29 is 14.5 Å². The topological polar surface area (TPSA) is 86.7 Å². The molecule has 128 valence electrons. The Morgan fingerprint density at radius 2 is 2.08 bits per heavy atom. The van der Waals surface area contributed by atoms with E-state index in [1.807, 2.05) is 18.2 Å². The molecule has 0 bridgehead atoms. The number of rotatable bonds is 3. The molecule has 3 aromatic rings. The third kappa shape index (κ3) is 3.26. The van der Waals surface area contributed by atoms with E-state index in [1.54, 1.807) is 18.7 Å². The second-order valence-corrected chi connectivity index (χ2v) is 6.56. The number of aryl methyl sites for hydroxylation is 1. The number of ether oxygens (including phenoxy) is 1. The number of hydrogen-bond donors (Lipinski definition) is 0. The van der Waals surface area contributed by atoms with Gasteiger partial charge in [-0.05, 0) is 30.3 Å². The smallest absolute Gasteiger partial charge is 0.286 e. The highest BCUT2D eigenvalue weighted by Crippen LogP contribution is 2.25. The maximum Gasteiger partial charge on any atom is 0.286 e. The number of hydrogen-bond acceptors (Lipinski definition) is 5. The Hall–Kier alpha value is -2.71. The average molecular weight is 378 g/mol. The molecule has 0 atom stereocenters. The third-order valence-corrected chi connectivity index (χ3v) is 4.93. The van der Waals surface area contributed by atoms with Gasteiger partial charge in [0.25, 0.3) is 11.6 Å². The Morgan fingerprint density at radius 3 is 2.76 bits per heavy atom. The van der Waals surface area contributed by atoms with Gasteiger partial charge in [-0.1, -0.05) is 22.9 Å². The highest BCUT2D eigenvalue weighted by Gasteiger charge is 2.20. The summed E-state index contributed by atoms with van der Waals surface area (Å²) in [5.41, 5.74) is 0.397. The van der Waals surface area contributed by atoms with Crippen LogP contribution in [0.1, 0.15) is 10.4 Å². The zero-order valence-corrected chi connectivity index (χ0v) is 14.8. The van der Waals surface area contributed by atoms with Gasteiger partial charge in [-0.25, -0.2) is 0 Å². The number of benzene rings is 2. The third-order valence-electron chi connectivity index (χ3n) is 3.60. The fourth-order valence-corrected chi connectivity index (χ4v) is 3.55. The van der Waals surface area contributed by atoms with E-state index >= 15 is 0 Å². The van der Waals surface area contributed by atoms with Crippen molar-refractivity contribution in [3.05, 3.63) is 61.9 Å². The molecule has 0 N–H and O–H groups in total. The second-order valence-electron chi connectivity index (χ2n) is 5.11. The predicted octanol–water partition coefficient (Wildman–Crippen LogP) is 3.55. The van der Waals surface area contributed by atoms with Crippen LogP contribution in [0, 0.1) is 10.1 Å². The first-order valence-electron chi connectivity index (χ1n) is 7.07. The van der Waals surface area contributed by atoms with Crippen molar-refractivity contribution in [2.24, 2.45) is 12.0 Å². The van der Waals surface area contributed by atoms with Gasteiger partial charge in [0, 0.05) is 18.1 Å². The quantitative estimate of drug-likeness (QED) is 0.516. The summed E-state index contributed by atoms with van der Waals surface area (Å²) in [7, 11) is 3.34. The van der Waals surface area contributed by atoms with Gasteiger partial charge in [0.05, 0.1) is 22.2 Å². The molecule has 0 saturated heterocycles. The fourth-order valence-electron chi connectivity index (χ4n) is 2.33. The molecule has 25 heavy (non-hydrogen) atoms. The number of aromatic nitrogens is 1. The number of amides is 1. The molecule has 0 aliphatic carbocycles. The maximum atomic E-state index is 12.5. The predicted molar refractivity (Wildman–Crippen MR) is 95.3 cm³/mol. The zero-order valence-electron chi connectivity index (χ0n) is 13.2. The Labute approximate surface area is 150 Å². The number of methoxy groups -OCH3 is 1. The lowest BCUT2D eigenvalue weighted by atomic mass is 10.2. The summed E-state index contributed by atoms with van der Waals surface area (Å²) in [6, 6.07) is 9.31. The second kappa shape index (κ2) is 6.66. The summed E-state index contributed by atoms with van der Waals surface area (Å²) in [5, 5.41) is 11.4. The van der Waals surface area contributed by atoms with Gasteiger partial charge in [-0.3, -0.25) is 14.9 Å². The van der Waals surface area contributed by atoms with Crippen LogP contribution in [0.15, 0.2) is 41.4 Å². The Kier molecular flexibility index (Phi) is 4.56. The highest BCUT2D eigenvalue weighted by molar-refractivity contribution is 7.16. The number of carbonyl (C=O) groups is 1. The standard InChI is InChI=1S/C16H12ClN3O4S/c1-19-13-6-4-10(24-2)8-14(13)25-16(19)18-15(21)11-7-9(17)3-5-12(11)20(22)23/h3-8H,1-2H3. The van der Waals surface area contributed by atoms with Gasteiger partial charge < -0.3 is 9.30 Å². The summed E-state index contributed by atoms with van der Waals surface area (Å²) >= 11 is 7.15. The molecule has 1 heterocycles. The van der Waals surface area contributed by atoms with Crippen LogP contribution in [0.25, 0.3) is 10.2 Å². The number of halogens is 1. The van der Waals surface area contributed by atoms with Gasteiger partial charge in [-0.15, -0.1) is 0 Å². The van der Waals surface area contributed by atoms with Crippen molar-refractivity contribution in [1.82, 2.24) is 4.57 Å². The van der Waals surface area contributed by atoms with Crippen LogP contribution >= 0.6 is 22.9 Å². The molecule has 0 unspecified atom stereocenters. The number of thiazole rings is 1. The molecule has 7 nitrogen and oxygen atoms in total. The van der Waals surface area contributed by atoms with Crippen LogP contribution < -0.4 is 9.54 Å². The van der Waals surface area contributed by atoms with Crippen LogP contribution in [0.3, 0.4) is 0 Å². The number of nitro groups is 1. The molecule has 0 aliphatic heterocycles. The molecule has 1 aromatic heterocycles. The van der Waals surface area contributed by atoms with E-state index in [0.29, 0.717) is 10.6 Å².